The first-order chi connectivity index (χ1) is 15.4. The summed E-state index contributed by atoms with van der Waals surface area (Å²) in [7, 11) is 0. The molecule has 166 valence electrons. The number of benzene rings is 3. The van der Waals surface area contributed by atoms with Crippen LogP contribution in [-0.2, 0) is 0 Å². The lowest BCUT2D eigenvalue weighted by molar-refractivity contribution is 0.0955. The number of aryl methyl sites for hydroxylation is 1. The minimum absolute atomic E-state index is 0.293. The van der Waals surface area contributed by atoms with Gasteiger partial charge in [0, 0.05) is 16.1 Å². The van der Waals surface area contributed by atoms with Gasteiger partial charge in [-0.2, -0.15) is 5.10 Å². The van der Waals surface area contributed by atoms with E-state index in [0.717, 1.165) is 11.3 Å². The van der Waals surface area contributed by atoms with Crippen molar-refractivity contribution in [1.29, 1.82) is 0 Å². The van der Waals surface area contributed by atoms with Crippen molar-refractivity contribution in [2.24, 2.45) is 5.10 Å². The van der Waals surface area contributed by atoms with Gasteiger partial charge in [-0.05, 0) is 60.4 Å². The van der Waals surface area contributed by atoms with Crippen LogP contribution in [0.1, 0.15) is 46.8 Å². The second-order valence-corrected chi connectivity index (χ2v) is 8.08. The van der Waals surface area contributed by atoms with Crippen LogP contribution in [0.2, 0.25) is 5.02 Å². The van der Waals surface area contributed by atoms with E-state index in [1.165, 1.54) is 11.8 Å². The van der Waals surface area contributed by atoms with Gasteiger partial charge in [-0.1, -0.05) is 55.8 Å². The van der Waals surface area contributed by atoms with Crippen LogP contribution in [0.5, 0.6) is 11.5 Å². The third-order valence-electron chi connectivity index (χ3n) is 4.77. The Labute approximate surface area is 194 Å². The molecule has 3 aromatic carbocycles. The topological polar surface area (TPSA) is 59.9 Å². The Balaban J connectivity index is 1.60. The number of halogens is 1. The number of carbonyl (C=O) groups excluding carboxylic acids is 1. The van der Waals surface area contributed by atoms with Crippen molar-refractivity contribution in [3.63, 3.8) is 0 Å². The molecule has 0 unspecified atom stereocenters. The van der Waals surface area contributed by atoms with Gasteiger partial charge in [-0.15, -0.1) is 0 Å². The average molecular weight is 451 g/mol. The van der Waals surface area contributed by atoms with Gasteiger partial charge in [-0.25, -0.2) is 5.43 Å². The fourth-order valence-corrected chi connectivity index (χ4v) is 3.29. The Kier molecular flexibility index (Phi) is 8.28. The summed E-state index contributed by atoms with van der Waals surface area (Å²) in [5, 5.41) is 4.59. The Morgan fingerprint density at radius 1 is 1.00 bits per heavy atom. The minimum Gasteiger partial charge on any atom is -0.490 e. The molecule has 0 aliphatic heterocycles. The monoisotopic (exact) mass is 450 g/mol. The van der Waals surface area contributed by atoms with E-state index in [2.05, 4.69) is 36.5 Å². The van der Waals surface area contributed by atoms with Crippen LogP contribution < -0.4 is 14.9 Å². The minimum atomic E-state index is -0.293. The Bertz CT molecular complexity index is 1080. The fourth-order valence-electron chi connectivity index (χ4n) is 3.11. The molecule has 3 aromatic rings. The van der Waals surface area contributed by atoms with Gasteiger partial charge in [0.2, 0.25) is 0 Å². The molecule has 0 aromatic heterocycles. The van der Waals surface area contributed by atoms with Crippen LogP contribution in [0.3, 0.4) is 0 Å². The zero-order valence-corrected chi connectivity index (χ0v) is 19.2. The van der Waals surface area contributed by atoms with Crippen molar-refractivity contribution in [3.05, 3.63) is 94.0 Å². The highest BCUT2D eigenvalue weighted by Crippen LogP contribution is 2.27. The molecule has 0 atom stereocenters. The van der Waals surface area contributed by atoms with Crippen LogP contribution in [-0.4, -0.2) is 25.3 Å². The normalized spacial score (nSPS) is 11.0. The van der Waals surface area contributed by atoms with Crippen LogP contribution >= 0.6 is 11.6 Å². The van der Waals surface area contributed by atoms with Gasteiger partial charge in [-0.3, -0.25) is 4.79 Å². The van der Waals surface area contributed by atoms with E-state index in [-0.39, 0.29) is 5.91 Å². The molecule has 0 bridgehead atoms. The van der Waals surface area contributed by atoms with E-state index in [1.54, 1.807) is 42.5 Å². The molecule has 5 nitrogen and oxygen atoms in total. The third-order valence-corrected chi connectivity index (χ3v) is 5.00. The molecular formula is C26H27ClN2O3. The van der Waals surface area contributed by atoms with E-state index in [0.29, 0.717) is 41.0 Å². The Morgan fingerprint density at radius 2 is 1.72 bits per heavy atom. The molecule has 1 amide bonds. The number of ether oxygens (including phenoxy) is 2. The van der Waals surface area contributed by atoms with Gasteiger partial charge >= 0.3 is 0 Å². The molecule has 0 saturated heterocycles. The summed E-state index contributed by atoms with van der Waals surface area (Å²) >= 11 is 6.13. The Morgan fingerprint density at radius 3 is 2.44 bits per heavy atom. The molecule has 0 saturated carbocycles. The Hall–Kier alpha value is -3.31. The van der Waals surface area contributed by atoms with E-state index in [9.17, 15) is 4.79 Å². The molecule has 0 spiro atoms. The summed E-state index contributed by atoms with van der Waals surface area (Å²) in [5.74, 6) is 1.56. The number of hydrazone groups is 1. The molecule has 0 heterocycles. The van der Waals surface area contributed by atoms with Crippen molar-refractivity contribution >= 4 is 23.7 Å². The zero-order valence-electron chi connectivity index (χ0n) is 18.5. The SMILES string of the molecule is Cc1ccc(C(C)C)c(OCCOc2ccc(Cl)cc2/C=N/NC(=O)c2ccccc2)c1. The number of amides is 1. The number of nitrogens with one attached hydrogen (secondary N) is 1. The van der Waals surface area contributed by atoms with E-state index in [1.807, 2.05) is 19.1 Å². The summed E-state index contributed by atoms with van der Waals surface area (Å²) in [6, 6.07) is 20.4. The zero-order chi connectivity index (χ0) is 22.9. The lowest BCUT2D eigenvalue weighted by Crippen LogP contribution is -2.17. The highest BCUT2D eigenvalue weighted by atomic mass is 35.5. The first kappa shape index (κ1) is 23.4. The maximum Gasteiger partial charge on any atom is 0.271 e. The maximum absolute atomic E-state index is 12.1. The molecule has 0 aliphatic rings. The second kappa shape index (κ2) is 11.3. The van der Waals surface area contributed by atoms with Crippen molar-refractivity contribution in [3.8, 4) is 11.5 Å². The summed E-state index contributed by atoms with van der Waals surface area (Å²) in [4.78, 5) is 12.1. The first-order valence-electron chi connectivity index (χ1n) is 10.5. The van der Waals surface area contributed by atoms with Gasteiger partial charge in [0.05, 0.1) is 6.21 Å². The lowest BCUT2D eigenvalue weighted by Gasteiger charge is -2.15. The van der Waals surface area contributed by atoms with Crippen molar-refractivity contribution in [2.75, 3.05) is 13.2 Å². The molecular weight excluding hydrogens is 424 g/mol. The number of rotatable bonds is 9. The van der Waals surface area contributed by atoms with Crippen LogP contribution in [0.15, 0.2) is 71.8 Å². The molecule has 1 N–H and O–H groups in total. The first-order valence-corrected chi connectivity index (χ1v) is 10.9. The van der Waals surface area contributed by atoms with Crippen molar-refractivity contribution in [1.82, 2.24) is 5.43 Å². The van der Waals surface area contributed by atoms with Gasteiger partial charge in [0.15, 0.2) is 0 Å². The highest BCUT2D eigenvalue weighted by molar-refractivity contribution is 6.30. The molecule has 0 fully saturated rings. The molecule has 0 aliphatic carbocycles. The van der Waals surface area contributed by atoms with Crippen molar-refractivity contribution < 1.29 is 14.3 Å². The maximum atomic E-state index is 12.1. The fraction of sp³-hybridized carbons (Fsp3) is 0.231. The van der Waals surface area contributed by atoms with E-state index in [4.69, 9.17) is 21.1 Å². The summed E-state index contributed by atoms with van der Waals surface area (Å²) in [5.41, 5.74) is 6.02. The van der Waals surface area contributed by atoms with Gasteiger partial charge in [0.25, 0.3) is 5.91 Å². The lowest BCUT2D eigenvalue weighted by atomic mass is 10.0. The predicted molar refractivity (Wildman–Crippen MR) is 129 cm³/mol. The summed E-state index contributed by atoms with van der Waals surface area (Å²) in [6.07, 6.45) is 1.51. The van der Waals surface area contributed by atoms with E-state index >= 15 is 0 Å². The number of nitrogens with zero attached hydrogens (tertiary/aromatic N) is 1. The number of hydrogen-bond donors (Lipinski definition) is 1. The van der Waals surface area contributed by atoms with Crippen LogP contribution in [0, 0.1) is 6.92 Å². The smallest absolute Gasteiger partial charge is 0.271 e. The number of hydrogen-bond acceptors (Lipinski definition) is 4. The van der Waals surface area contributed by atoms with Gasteiger partial charge < -0.3 is 9.47 Å². The molecule has 32 heavy (non-hydrogen) atoms. The predicted octanol–water partition coefficient (Wildman–Crippen LogP) is 5.99. The standard InChI is InChI=1S/C26H27ClN2O3/c1-18(2)23-11-9-19(3)15-25(23)32-14-13-31-24-12-10-22(27)16-21(24)17-28-29-26(30)20-7-5-4-6-8-20/h4-12,15-18H,13-14H2,1-3H3,(H,29,30)/b28-17+. The quantitative estimate of drug-likeness (QED) is 0.247. The largest absolute Gasteiger partial charge is 0.490 e. The van der Waals surface area contributed by atoms with Crippen LogP contribution in [0.25, 0.3) is 0 Å². The molecule has 3 rings (SSSR count). The second-order valence-electron chi connectivity index (χ2n) is 7.64. The summed E-state index contributed by atoms with van der Waals surface area (Å²) in [6.45, 7) is 7.08. The highest BCUT2D eigenvalue weighted by Gasteiger charge is 2.09. The molecule has 0 radical (unpaired) electrons. The van der Waals surface area contributed by atoms with Crippen molar-refractivity contribution in [2.45, 2.75) is 26.7 Å². The van der Waals surface area contributed by atoms with E-state index < -0.39 is 0 Å². The average Bonchev–Trinajstić information content (AvgIpc) is 2.78. The molecule has 6 heteroatoms. The summed E-state index contributed by atoms with van der Waals surface area (Å²) < 4.78 is 11.9. The number of carbonyl (C=O) groups is 1. The van der Waals surface area contributed by atoms with Gasteiger partial charge in [0.1, 0.15) is 24.7 Å². The van der Waals surface area contributed by atoms with Crippen LogP contribution in [0.4, 0.5) is 0 Å². The third kappa shape index (κ3) is 6.59.